The van der Waals surface area contributed by atoms with Crippen LogP contribution in [0, 0.1) is 0 Å². The molecule has 3 aromatic rings. The predicted octanol–water partition coefficient (Wildman–Crippen LogP) is 2.16. The summed E-state index contributed by atoms with van der Waals surface area (Å²) in [4.78, 5) is 19.9. The normalized spacial score (nSPS) is 20.5. The van der Waals surface area contributed by atoms with Crippen molar-refractivity contribution in [3.63, 3.8) is 0 Å². The molecule has 1 aromatic carbocycles. The first-order valence-corrected chi connectivity index (χ1v) is 10.8. The number of hydrogen-bond donors (Lipinski definition) is 3. The van der Waals surface area contributed by atoms with Crippen LogP contribution >= 0.6 is 0 Å². The van der Waals surface area contributed by atoms with Crippen LogP contribution in [0.5, 0.6) is 0 Å². The maximum absolute atomic E-state index is 6.59. The molecule has 9 nitrogen and oxygen atoms in total. The minimum atomic E-state index is -0.415. The highest BCUT2D eigenvalue weighted by Gasteiger charge is 2.37. The monoisotopic (exact) mass is 446 g/mol. The van der Waals surface area contributed by atoms with Gasteiger partial charge < -0.3 is 26.0 Å². The molecule has 2 aromatic heterocycles. The van der Waals surface area contributed by atoms with E-state index in [1.807, 2.05) is 63.6 Å². The summed E-state index contributed by atoms with van der Waals surface area (Å²) >= 11 is 0. The Morgan fingerprint density at radius 3 is 2.76 bits per heavy atom. The Morgan fingerprint density at radius 2 is 2.00 bits per heavy atom. The molecule has 1 aliphatic rings. The molecule has 2 atom stereocenters. The van der Waals surface area contributed by atoms with E-state index in [0.29, 0.717) is 17.5 Å². The van der Waals surface area contributed by atoms with Crippen molar-refractivity contribution < 1.29 is 4.74 Å². The summed E-state index contributed by atoms with van der Waals surface area (Å²) in [7, 11) is 7.65. The Kier molecular flexibility index (Phi) is 6.64. The summed E-state index contributed by atoms with van der Waals surface area (Å²) in [5.41, 5.74) is 8.63. The molecular weight excluding hydrogens is 416 g/mol. The molecule has 2 unspecified atom stereocenters. The SMILES string of the molecule is CNC1(CCN(C)C)C=C(OC)C(Nc2ncnc(-c3cnc4ccccc4c3)n2)=CC1N. The number of nitrogens with one attached hydrogen (secondary N) is 2. The first-order chi connectivity index (χ1) is 15.9. The van der Waals surface area contributed by atoms with Gasteiger partial charge in [0.25, 0.3) is 0 Å². The number of nitrogens with zero attached hydrogens (tertiary/aromatic N) is 5. The van der Waals surface area contributed by atoms with Crippen LogP contribution in [0.1, 0.15) is 6.42 Å². The smallest absolute Gasteiger partial charge is 0.230 e. The van der Waals surface area contributed by atoms with Crippen molar-refractivity contribution in [2.45, 2.75) is 18.0 Å². The number of aromatic nitrogens is 4. The number of benzene rings is 1. The molecule has 4 N–H and O–H groups in total. The van der Waals surface area contributed by atoms with E-state index in [-0.39, 0.29) is 6.04 Å². The van der Waals surface area contributed by atoms with E-state index < -0.39 is 5.54 Å². The lowest BCUT2D eigenvalue weighted by molar-refractivity contribution is 0.260. The van der Waals surface area contributed by atoms with E-state index in [0.717, 1.165) is 35.1 Å². The average molecular weight is 447 g/mol. The fourth-order valence-corrected chi connectivity index (χ4v) is 3.91. The topological polar surface area (TPSA) is 114 Å². The van der Waals surface area contributed by atoms with E-state index in [2.05, 4.69) is 35.5 Å². The van der Waals surface area contributed by atoms with Crippen molar-refractivity contribution in [1.29, 1.82) is 0 Å². The largest absolute Gasteiger partial charge is 0.495 e. The number of rotatable bonds is 8. The molecule has 172 valence electrons. The van der Waals surface area contributed by atoms with Crippen LogP contribution in [0.2, 0.25) is 0 Å². The van der Waals surface area contributed by atoms with Gasteiger partial charge in [-0.15, -0.1) is 0 Å². The Bertz CT molecular complexity index is 1190. The van der Waals surface area contributed by atoms with Crippen molar-refractivity contribution in [3.8, 4) is 11.4 Å². The van der Waals surface area contributed by atoms with Gasteiger partial charge in [-0.2, -0.15) is 4.98 Å². The first-order valence-electron chi connectivity index (χ1n) is 10.8. The van der Waals surface area contributed by atoms with Crippen molar-refractivity contribution in [1.82, 2.24) is 30.2 Å². The van der Waals surface area contributed by atoms with E-state index in [1.54, 1.807) is 13.3 Å². The fourth-order valence-electron chi connectivity index (χ4n) is 3.91. The molecule has 33 heavy (non-hydrogen) atoms. The van der Waals surface area contributed by atoms with E-state index in [4.69, 9.17) is 10.5 Å². The van der Waals surface area contributed by atoms with Crippen LogP contribution in [-0.2, 0) is 4.74 Å². The van der Waals surface area contributed by atoms with Gasteiger partial charge in [0.05, 0.1) is 23.9 Å². The number of para-hydroxylation sites is 1. The van der Waals surface area contributed by atoms with Crippen LogP contribution in [-0.4, -0.2) is 71.2 Å². The van der Waals surface area contributed by atoms with E-state index >= 15 is 0 Å². The Balaban J connectivity index is 1.59. The van der Waals surface area contributed by atoms with Crippen molar-refractivity contribution in [3.05, 3.63) is 66.5 Å². The van der Waals surface area contributed by atoms with Crippen LogP contribution in [0.3, 0.4) is 0 Å². The lowest BCUT2D eigenvalue weighted by atomic mass is 9.82. The predicted molar refractivity (Wildman–Crippen MR) is 130 cm³/mol. The summed E-state index contributed by atoms with van der Waals surface area (Å²) in [6, 6.07) is 9.68. The van der Waals surface area contributed by atoms with Crippen LogP contribution < -0.4 is 16.4 Å². The number of hydrogen-bond acceptors (Lipinski definition) is 9. The number of likely N-dealkylation sites (N-methyl/N-ethyl adjacent to an activating group) is 1. The number of fused-ring (bicyclic) bond motifs is 1. The number of anilines is 1. The lowest BCUT2D eigenvalue weighted by Crippen LogP contribution is -2.57. The number of ether oxygens (including phenoxy) is 1. The zero-order valence-corrected chi connectivity index (χ0v) is 19.4. The molecule has 4 rings (SSSR count). The van der Waals surface area contributed by atoms with Gasteiger partial charge in [-0.25, -0.2) is 9.97 Å². The Morgan fingerprint density at radius 1 is 1.18 bits per heavy atom. The lowest BCUT2D eigenvalue weighted by Gasteiger charge is -2.39. The standard InChI is InChI=1S/C24H30N8O/c1-26-24(9-10-32(2)3)13-20(33-4)19(12-21(24)25)30-23-29-15-28-22(31-23)17-11-16-7-5-6-8-18(16)27-14-17/h5-8,11-15,21,26H,9-10,25H2,1-4H3,(H,28,29,30,31). The van der Waals surface area contributed by atoms with E-state index in [1.165, 1.54) is 6.33 Å². The maximum atomic E-state index is 6.59. The molecule has 0 radical (unpaired) electrons. The zero-order valence-electron chi connectivity index (χ0n) is 19.4. The summed E-state index contributed by atoms with van der Waals surface area (Å²) in [5.74, 6) is 1.61. The average Bonchev–Trinajstić information content (AvgIpc) is 2.83. The van der Waals surface area contributed by atoms with Gasteiger partial charge in [-0.1, -0.05) is 18.2 Å². The minimum Gasteiger partial charge on any atom is -0.495 e. The molecule has 2 heterocycles. The Hall–Kier alpha value is -3.40. The van der Waals surface area contributed by atoms with E-state index in [9.17, 15) is 0 Å². The fraction of sp³-hybridized carbons (Fsp3) is 0.333. The second kappa shape index (κ2) is 9.62. The van der Waals surface area contributed by atoms with Gasteiger partial charge in [-0.3, -0.25) is 4.98 Å². The first kappa shape index (κ1) is 22.8. The molecule has 0 aliphatic heterocycles. The molecule has 0 spiro atoms. The summed E-state index contributed by atoms with van der Waals surface area (Å²) < 4.78 is 5.69. The van der Waals surface area contributed by atoms with Crippen molar-refractivity contribution in [2.75, 3.05) is 40.1 Å². The molecule has 0 bridgehead atoms. The quantitative estimate of drug-likeness (QED) is 0.479. The molecular formula is C24H30N8O. The second-order valence-corrected chi connectivity index (χ2v) is 8.34. The van der Waals surface area contributed by atoms with Crippen molar-refractivity contribution in [2.24, 2.45) is 5.73 Å². The van der Waals surface area contributed by atoms with Gasteiger partial charge in [0.15, 0.2) is 5.82 Å². The number of pyridine rings is 1. The summed E-state index contributed by atoms with van der Waals surface area (Å²) in [6.45, 7) is 0.884. The summed E-state index contributed by atoms with van der Waals surface area (Å²) in [6.07, 6.45) is 8.07. The highest BCUT2D eigenvalue weighted by molar-refractivity contribution is 5.82. The molecule has 0 saturated heterocycles. The third-order valence-corrected chi connectivity index (χ3v) is 5.92. The third kappa shape index (κ3) is 4.85. The molecule has 1 aliphatic carbocycles. The van der Waals surface area contributed by atoms with Crippen molar-refractivity contribution >= 4 is 16.9 Å². The van der Waals surface area contributed by atoms with Crippen LogP contribution in [0.15, 0.2) is 66.5 Å². The molecule has 0 saturated carbocycles. The number of nitrogens with two attached hydrogens (primary N) is 1. The Labute approximate surface area is 193 Å². The van der Waals surface area contributed by atoms with Gasteiger partial charge in [0, 0.05) is 23.2 Å². The van der Waals surface area contributed by atoms with Gasteiger partial charge in [-0.05, 0) is 58.4 Å². The number of methoxy groups -OCH3 is 1. The highest BCUT2D eigenvalue weighted by atomic mass is 16.5. The van der Waals surface area contributed by atoms with Crippen LogP contribution in [0.4, 0.5) is 5.95 Å². The van der Waals surface area contributed by atoms with Gasteiger partial charge >= 0.3 is 0 Å². The maximum Gasteiger partial charge on any atom is 0.230 e. The second-order valence-electron chi connectivity index (χ2n) is 8.34. The molecule has 0 amide bonds. The van der Waals surface area contributed by atoms with Gasteiger partial charge in [0.1, 0.15) is 12.1 Å². The van der Waals surface area contributed by atoms with Crippen LogP contribution in [0.25, 0.3) is 22.3 Å². The zero-order chi connectivity index (χ0) is 23.4. The minimum absolute atomic E-state index is 0.269. The molecule has 9 heteroatoms. The highest BCUT2D eigenvalue weighted by Crippen LogP contribution is 2.29. The molecule has 0 fully saturated rings. The van der Waals surface area contributed by atoms with Gasteiger partial charge in [0.2, 0.25) is 5.95 Å². The summed E-state index contributed by atoms with van der Waals surface area (Å²) in [5, 5.41) is 7.67. The third-order valence-electron chi connectivity index (χ3n) is 5.92.